The van der Waals surface area contributed by atoms with Gasteiger partial charge in [0.2, 0.25) is 0 Å². The molecule has 1 aliphatic heterocycles. The highest BCUT2D eigenvalue weighted by Crippen LogP contribution is 2.38. The second-order valence-electron chi connectivity index (χ2n) is 7.79. The van der Waals surface area contributed by atoms with Gasteiger partial charge < -0.3 is 30.3 Å². The van der Waals surface area contributed by atoms with E-state index in [2.05, 4.69) is 16.0 Å². The molecule has 2 rings (SSSR count). The molecule has 28 heavy (non-hydrogen) atoms. The lowest BCUT2D eigenvalue weighted by molar-refractivity contribution is 0.159. The largest absolute Gasteiger partial charge is 0.493 e. The molecule has 0 fully saturated rings. The SMILES string of the molecule is CCNC(=O)NC[C@H]1c2cc(OC)c(OC)cc2CCN1C(=O)NC(C)(C)C. The Morgan fingerprint density at radius 1 is 1.14 bits per heavy atom. The predicted molar refractivity (Wildman–Crippen MR) is 108 cm³/mol. The van der Waals surface area contributed by atoms with Gasteiger partial charge in [-0.2, -0.15) is 0 Å². The zero-order valence-corrected chi connectivity index (χ0v) is 17.6. The van der Waals surface area contributed by atoms with Gasteiger partial charge in [-0.3, -0.25) is 0 Å². The molecule has 8 nitrogen and oxygen atoms in total. The molecule has 0 aliphatic carbocycles. The minimum Gasteiger partial charge on any atom is -0.493 e. The molecule has 156 valence electrons. The zero-order valence-electron chi connectivity index (χ0n) is 17.6. The third kappa shape index (κ3) is 5.21. The summed E-state index contributed by atoms with van der Waals surface area (Å²) >= 11 is 0. The van der Waals surface area contributed by atoms with Crippen molar-refractivity contribution < 1.29 is 19.1 Å². The van der Waals surface area contributed by atoms with Gasteiger partial charge >= 0.3 is 12.1 Å². The van der Waals surface area contributed by atoms with Gasteiger partial charge in [0.1, 0.15) is 0 Å². The summed E-state index contributed by atoms with van der Waals surface area (Å²) in [6.45, 7) is 9.07. The lowest BCUT2D eigenvalue weighted by atomic mass is 9.91. The topological polar surface area (TPSA) is 91.9 Å². The van der Waals surface area contributed by atoms with Crippen molar-refractivity contribution in [2.24, 2.45) is 0 Å². The molecule has 1 heterocycles. The van der Waals surface area contributed by atoms with Crippen LogP contribution in [0.15, 0.2) is 12.1 Å². The number of nitrogens with zero attached hydrogens (tertiary/aromatic N) is 1. The van der Waals surface area contributed by atoms with Crippen molar-refractivity contribution in [1.82, 2.24) is 20.9 Å². The smallest absolute Gasteiger partial charge is 0.318 e. The molecule has 3 N–H and O–H groups in total. The predicted octanol–water partition coefficient (Wildman–Crippen LogP) is 2.43. The Labute approximate surface area is 166 Å². The third-order valence-corrected chi connectivity index (χ3v) is 4.54. The maximum Gasteiger partial charge on any atom is 0.318 e. The van der Waals surface area contributed by atoms with Crippen LogP contribution < -0.4 is 25.4 Å². The van der Waals surface area contributed by atoms with E-state index >= 15 is 0 Å². The van der Waals surface area contributed by atoms with Gasteiger partial charge in [0.25, 0.3) is 0 Å². The van der Waals surface area contributed by atoms with E-state index < -0.39 is 0 Å². The van der Waals surface area contributed by atoms with E-state index in [1.807, 2.05) is 39.8 Å². The number of hydrogen-bond acceptors (Lipinski definition) is 4. The van der Waals surface area contributed by atoms with Gasteiger partial charge in [-0.05, 0) is 57.4 Å². The van der Waals surface area contributed by atoms with E-state index in [1.54, 1.807) is 19.1 Å². The van der Waals surface area contributed by atoms with Crippen LogP contribution in [0.25, 0.3) is 0 Å². The third-order valence-electron chi connectivity index (χ3n) is 4.54. The van der Waals surface area contributed by atoms with Crippen LogP contribution in [0, 0.1) is 0 Å². The van der Waals surface area contributed by atoms with Gasteiger partial charge in [0.05, 0.1) is 20.3 Å². The van der Waals surface area contributed by atoms with Crippen LogP contribution in [0.5, 0.6) is 11.5 Å². The van der Waals surface area contributed by atoms with Crippen LogP contribution in [0.4, 0.5) is 9.59 Å². The summed E-state index contributed by atoms with van der Waals surface area (Å²) in [6.07, 6.45) is 0.699. The van der Waals surface area contributed by atoms with Crippen LogP contribution >= 0.6 is 0 Å². The Hall–Kier alpha value is -2.64. The standard InChI is InChI=1S/C20H32N4O4/c1-7-21-18(25)22-12-15-14-11-17(28-6)16(27-5)10-13(14)8-9-24(15)19(26)23-20(2,3)4/h10-11,15H,7-9,12H2,1-6H3,(H,23,26)(H2,21,22,25)/t15-/m0/s1. The number of rotatable bonds is 5. The van der Waals surface area contributed by atoms with Gasteiger partial charge in [0, 0.05) is 25.2 Å². The molecule has 0 saturated carbocycles. The van der Waals surface area contributed by atoms with Gasteiger partial charge in [0.15, 0.2) is 11.5 Å². The molecule has 8 heteroatoms. The van der Waals surface area contributed by atoms with Crippen molar-refractivity contribution in [3.8, 4) is 11.5 Å². The lowest BCUT2D eigenvalue weighted by Gasteiger charge is -2.39. The molecule has 0 bridgehead atoms. The molecule has 0 unspecified atom stereocenters. The summed E-state index contributed by atoms with van der Waals surface area (Å²) in [6, 6.07) is 3.12. The van der Waals surface area contributed by atoms with Crippen LogP contribution in [0.3, 0.4) is 0 Å². The average Bonchev–Trinajstić information content (AvgIpc) is 2.63. The van der Waals surface area contributed by atoms with E-state index in [-0.39, 0.29) is 23.6 Å². The fourth-order valence-corrected chi connectivity index (χ4v) is 3.30. The second kappa shape index (κ2) is 9.03. The van der Waals surface area contributed by atoms with E-state index in [4.69, 9.17) is 9.47 Å². The highest BCUT2D eigenvalue weighted by Gasteiger charge is 2.33. The van der Waals surface area contributed by atoms with E-state index in [9.17, 15) is 9.59 Å². The number of carbonyl (C=O) groups is 2. The number of carbonyl (C=O) groups excluding carboxylic acids is 2. The molecule has 1 aliphatic rings. The van der Waals surface area contributed by atoms with Crippen LogP contribution in [-0.2, 0) is 6.42 Å². The minimum atomic E-state index is -0.355. The molecule has 0 aromatic heterocycles. The van der Waals surface area contributed by atoms with E-state index in [0.717, 1.165) is 11.1 Å². The summed E-state index contributed by atoms with van der Waals surface area (Å²) in [4.78, 5) is 26.6. The lowest BCUT2D eigenvalue weighted by Crippen LogP contribution is -2.53. The summed E-state index contributed by atoms with van der Waals surface area (Å²) in [5.41, 5.74) is 1.68. The van der Waals surface area contributed by atoms with Crippen molar-refractivity contribution in [1.29, 1.82) is 0 Å². The summed E-state index contributed by atoms with van der Waals surface area (Å²) < 4.78 is 10.9. The number of fused-ring (bicyclic) bond motifs is 1. The maximum atomic E-state index is 12.9. The molecule has 0 saturated heterocycles. The van der Waals surface area contributed by atoms with Crippen molar-refractivity contribution in [2.75, 3.05) is 33.9 Å². The molecular formula is C20H32N4O4. The maximum absolute atomic E-state index is 12.9. The highest BCUT2D eigenvalue weighted by molar-refractivity contribution is 5.77. The van der Waals surface area contributed by atoms with Crippen LogP contribution in [0.2, 0.25) is 0 Å². The average molecular weight is 393 g/mol. The highest BCUT2D eigenvalue weighted by atomic mass is 16.5. The Morgan fingerprint density at radius 2 is 1.79 bits per heavy atom. The first-order valence-corrected chi connectivity index (χ1v) is 9.55. The summed E-state index contributed by atoms with van der Waals surface area (Å²) in [7, 11) is 3.18. The molecule has 0 spiro atoms. The van der Waals surface area contributed by atoms with Crippen molar-refractivity contribution in [3.63, 3.8) is 0 Å². The fourth-order valence-electron chi connectivity index (χ4n) is 3.30. The Morgan fingerprint density at radius 3 is 2.36 bits per heavy atom. The zero-order chi connectivity index (χ0) is 20.9. The normalized spacial score (nSPS) is 16.1. The fraction of sp³-hybridized carbons (Fsp3) is 0.600. The summed E-state index contributed by atoms with van der Waals surface area (Å²) in [5.74, 6) is 1.26. The molecule has 1 aromatic carbocycles. The monoisotopic (exact) mass is 392 g/mol. The number of urea groups is 2. The van der Waals surface area contributed by atoms with E-state index in [0.29, 0.717) is 37.6 Å². The van der Waals surface area contributed by atoms with Crippen LogP contribution in [0.1, 0.15) is 44.9 Å². The number of nitrogens with one attached hydrogen (secondary N) is 3. The van der Waals surface area contributed by atoms with Crippen LogP contribution in [-0.4, -0.2) is 56.4 Å². The summed E-state index contributed by atoms with van der Waals surface area (Å²) in [5, 5.41) is 8.60. The minimum absolute atomic E-state index is 0.157. The number of hydrogen-bond donors (Lipinski definition) is 3. The molecule has 4 amide bonds. The van der Waals surface area contributed by atoms with Gasteiger partial charge in [-0.25, -0.2) is 9.59 Å². The first-order chi connectivity index (χ1) is 13.2. The quantitative estimate of drug-likeness (QED) is 0.718. The molecule has 0 radical (unpaired) electrons. The first-order valence-electron chi connectivity index (χ1n) is 9.55. The van der Waals surface area contributed by atoms with Crippen molar-refractivity contribution >= 4 is 12.1 Å². The number of benzene rings is 1. The van der Waals surface area contributed by atoms with Gasteiger partial charge in [-0.15, -0.1) is 0 Å². The number of methoxy groups -OCH3 is 2. The number of ether oxygens (including phenoxy) is 2. The molecular weight excluding hydrogens is 360 g/mol. The van der Waals surface area contributed by atoms with Crippen molar-refractivity contribution in [2.45, 2.75) is 45.7 Å². The first kappa shape index (κ1) is 21.7. The van der Waals surface area contributed by atoms with E-state index in [1.165, 1.54) is 0 Å². The molecule has 1 aromatic rings. The Kier molecular flexibility index (Phi) is 6.99. The Balaban J connectivity index is 2.37. The second-order valence-corrected chi connectivity index (χ2v) is 7.79. The number of amides is 4. The molecule has 1 atom stereocenters. The van der Waals surface area contributed by atoms with Gasteiger partial charge in [-0.1, -0.05) is 0 Å². The Bertz CT molecular complexity index is 715. The van der Waals surface area contributed by atoms with Crippen molar-refractivity contribution in [3.05, 3.63) is 23.3 Å².